The summed E-state index contributed by atoms with van der Waals surface area (Å²) in [6, 6.07) is 8.61. The fourth-order valence-corrected chi connectivity index (χ4v) is 3.94. The van der Waals surface area contributed by atoms with Gasteiger partial charge in [-0.2, -0.15) is 0 Å². The van der Waals surface area contributed by atoms with Crippen LogP contribution in [0.4, 0.5) is 5.69 Å². The summed E-state index contributed by atoms with van der Waals surface area (Å²) < 4.78 is 5.47. The van der Waals surface area contributed by atoms with Gasteiger partial charge in [0.1, 0.15) is 5.75 Å². The first-order valence-corrected chi connectivity index (χ1v) is 9.22. The number of benzene rings is 1. The molecule has 2 aliphatic rings. The second-order valence-corrected chi connectivity index (χ2v) is 7.03. The molecule has 0 unspecified atom stereocenters. The summed E-state index contributed by atoms with van der Waals surface area (Å²) in [6.45, 7) is 5.94. The third-order valence-electron chi connectivity index (χ3n) is 5.54. The number of piperazine rings is 1. The molecule has 0 bridgehead atoms. The first-order chi connectivity index (χ1) is 11.7. The number of carbonyl (C=O) groups is 1. The topological polar surface area (TPSA) is 46.0 Å². The van der Waals surface area contributed by atoms with Crippen LogP contribution in [-0.4, -0.2) is 51.3 Å². The summed E-state index contributed by atoms with van der Waals surface area (Å²) >= 11 is 0. The van der Waals surface area contributed by atoms with E-state index in [2.05, 4.69) is 29.3 Å². The third kappa shape index (κ3) is 3.83. The monoisotopic (exact) mass is 332 g/mol. The van der Waals surface area contributed by atoms with E-state index in [4.69, 9.17) is 4.74 Å². The van der Waals surface area contributed by atoms with E-state index >= 15 is 0 Å². The average Bonchev–Trinajstić information content (AvgIpc) is 3.14. The Hall–Kier alpha value is -1.75. The zero-order valence-corrected chi connectivity index (χ0v) is 14.9. The van der Waals surface area contributed by atoms with Crippen LogP contribution in [0, 0.1) is 0 Å². The maximum Gasteiger partial charge on any atom is 0.278 e. The lowest BCUT2D eigenvalue weighted by Gasteiger charge is -2.36. The van der Waals surface area contributed by atoms with Crippen molar-refractivity contribution in [2.45, 2.75) is 44.7 Å². The van der Waals surface area contributed by atoms with Crippen molar-refractivity contribution >= 4 is 11.6 Å². The van der Waals surface area contributed by atoms with Crippen molar-refractivity contribution in [3.8, 4) is 5.75 Å². The van der Waals surface area contributed by atoms with Gasteiger partial charge in [0, 0.05) is 6.04 Å². The maximum absolute atomic E-state index is 12.5. The highest BCUT2D eigenvalue weighted by molar-refractivity contribution is 5.80. The highest BCUT2D eigenvalue weighted by Crippen LogP contribution is 2.27. The van der Waals surface area contributed by atoms with Crippen LogP contribution in [0.15, 0.2) is 24.3 Å². The standard InChI is InChI=1S/C19H29N3O2/c1-15(19(23)20-16-7-3-4-8-16)21-11-13-22(14-12-21)17-9-5-6-10-18(17)24-2/h5-6,9-10,15-16H,3-4,7-8,11-14H2,1-2H3,(H,20,23)/p+1/t15-/m1/s1. The van der Waals surface area contributed by atoms with E-state index in [1.54, 1.807) is 7.11 Å². The number of methoxy groups -OCH3 is 1. The highest BCUT2D eigenvalue weighted by Gasteiger charge is 2.31. The molecular formula is C19H30N3O2+. The molecule has 24 heavy (non-hydrogen) atoms. The SMILES string of the molecule is COc1ccccc1N1CC[NH+]([C@H](C)C(=O)NC2CCCC2)CC1. The van der Waals surface area contributed by atoms with E-state index in [1.807, 2.05) is 12.1 Å². The Morgan fingerprint density at radius 3 is 2.58 bits per heavy atom. The Balaban J connectivity index is 1.53. The predicted molar refractivity (Wildman–Crippen MR) is 95.8 cm³/mol. The Kier molecular flexibility index (Phi) is 5.61. The molecule has 1 aromatic rings. The van der Waals surface area contributed by atoms with Crippen LogP contribution in [0.25, 0.3) is 0 Å². The first-order valence-electron chi connectivity index (χ1n) is 9.22. The Bertz CT molecular complexity index is 549. The van der Waals surface area contributed by atoms with Gasteiger partial charge in [-0.3, -0.25) is 4.79 Å². The summed E-state index contributed by atoms with van der Waals surface area (Å²) in [5.74, 6) is 1.15. The van der Waals surface area contributed by atoms with Crippen molar-refractivity contribution in [3.05, 3.63) is 24.3 Å². The van der Waals surface area contributed by atoms with E-state index in [0.717, 1.165) is 50.5 Å². The van der Waals surface area contributed by atoms with Gasteiger partial charge in [0.15, 0.2) is 6.04 Å². The maximum atomic E-state index is 12.5. The third-order valence-corrected chi connectivity index (χ3v) is 5.54. The Morgan fingerprint density at radius 2 is 1.92 bits per heavy atom. The summed E-state index contributed by atoms with van der Waals surface area (Å²) in [7, 11) is 1.72. The molecule has 5 nitrogen and oxygen atoms in total. The lowest BCUT2D eigenvalue weighted by molar-refractivity contribution is -0.914. The molecule has 1 aliphatic carbocycles. The zero-order valence-electron chi connectivity index (χ0n) is 14.9. The van der Waals surface area contributed by atoms with Gasteiger partial charge in [-0.15, -0.1) is 0 Å². The zero-order chi connectivity index (χ0) is 16.9. The van der Waals surface area contributed by atoms with Crippen LogP contribution in [0.5, 0.6) is 5.75 Å². The summed E-state index contributed by atoms with van der Waals surface area (Å²) in [6.07, 6.45) is 4.80. The van der Waals surface area contributed by atoms with Crippen molar-refractivity contribution in [3.63, 3.8) is 0 Å². The second kappa shape index (κ2) is 7.88. The van der Waals surface area contributed by atoms with Crippen molar-refractivity contribution in [1.29, 1.82) is 0 Å². The van der Waals surface area contributed by atoms with Crippen molar-refractivity contribution in [2.24, 2.45) is 0 Å². The molecule has 1 saturated carbocycles. The quantitative estimate of drug-likeness (QED) is 0.840. The van der Waals surface area contributed by atoms with Gasteiger partial charge in [0.2, 0.25) is 0 Å². The van der Waals surface area contributed by atoms with E-state index < -0.39 is 0 Å². The number of nitrogens with zero attached hydrogens (tertiary/aromatic N) is 1. The predicted octanol–water partition coefficient (Wildman–Crippen LogP) is 0.847. The molecule has 3 rings (SSSR count). The Morgan fingerprint density at radius 1 is 1.25 bits per heavy atom. The van der Waals surface area contributed by atoms with Gasteiger partial charge < -0.3 is 19.9 Å². The number of para-hydroxylation sites is 2. The van der Waals surface area contributed by atoms with E-state index in [0.29, 0.717) is 6.04 Å². The molecule has 0 aromatic heterocycles. The molecule has 132 valence electrons. The molecule has 1 amide bonds. The number of anilines is 1. The number of hydrogen-bond donors (Lipinski definition) is 2. The van der Waals surface area contributed by atoms with Crippen molar-refractivity contribution < 1.29 is 14.4 Å². The number of quaternary nitrogens is 1. The molecule has 0 radical (unpaired) electrons. The van der Waals surface area contributed by atoms with Crippen LogP contribution >= 0.6 is 0 Å². The van der Waals surface area contributed by atoms with Crippen LogP contribution in [-0.2, 0) is 4.79 Å². The van der Waals surface area contributed by atoms with E-state index in [-0.39, 0.29) is 11.9 Å². The molecular weight excluding hydrogens is 302 g/mol. The molecule has 1 saturated heterocycles. The molecule has 2 N–H and O–H groups in total. The minimum Gasteiger partial charge on any atom is -0.495 e. The van der Waals surface area contributed by atoms with E-state index in [1.165, 1.54) is 17.7 Å². The molecule has 1 heterocycles. The lowest BCUT2D eigenvalue weighted by atomic mass is 10.1. The van der Waals surface area contributed by atoms with Gasteiger partial charge in [-0.05, 0) is 31.9 Å². The molecule has 5 heteroatoms. The summed E-state index contributed by atoms with van der Waals surface area (Å²) in [4.78, 5) is 16.2. The number of rotatable bonds is 5. The van der Waals surface area contributed by atoms with Crippen LogP contribution in [0.3, 0.4) is 0 Å². The number of amides is 1. The van der Waals surface area contributed by atoms with E-state index in [9.17, 15) is 4.79 Å². The number of carbonyl (C=O) groups excluding carboxylic acids is 1. The molecule has 1 atom stereocenters. The van der Waals surface area contributed by atoms with Crippen LogP contribution < -0.4 is 19.9 Å². The molecule has 0 spiro atoms. The smallest absolute Gasteiger partial charge is 0.278 e. The molecule has 1 aromatic carbocycles. The fourth-order valence-electron chi connectivity index (χ4n) is 3.94. The minimum atomic E-state index is 0.0328. The largest absolute Gasteiger partial charge is 0.495 e. The fraction of sp³-hybridized carbons (Fsp3) is 0.632. The number of ether oxygens (including phenoxy) is 1. The lowest BCUT2D eigenvalue weighted by Crippen LogP contribution is -3.19. The van der Waals surface area contributed by atoms with Crippen LogP contribution in [0.2, 0.25) is 0 Å². The first kappa shape index (κ1) is 17.1. The van der Waals surface area contributed by atoms with Crippen molar-refractivity contribution in [1.82, 2.24) is 5.32 Å². The normalized spacial score (nSPS) is 20.8. The van der Waals surface area contributed by atoms with Gasteiger partial charge >= 0.3 is 0 Å². The molecule has 1 aliphatic heterocycles. The van der Waals surface area contributed by atoms with Gasteiger partial charge in [-0.25, -0.2) is 0 Å². The number of nitrogens with one attached hydrogen (secondary N) is 2. The number of hydrogen-bond acceptors (Lipinski definition) is 3. The summed E-state index contributed by atoms with van der Waals surface area (Å²) in [5.41, 5.74) is 1.15. The Labute approximate surface area is 145 Å². The second-order valence-electron chi connectivity index (χ2n) is 7.03. The minimum absolute atomic E-state index is 0.0328. The van der Waals surface area contributed by atoms with Crippen molar-refractivity contribution in [2.75, 3.05) is 38.2 Å². The summed E-state index contributed by atoms with van der Waals surface area (Å²) in [5, 5.41) is 3.24. The average molecular weight is 332 g/mol. The molecule has 2 fully saturated rings. The highest BCUT2D eigenvalue weighted by atomic mass is 16.5. The van der Waals surface area contributed by atoms with Gasteiger partial charge in [0.25, 0.3) is 5.91 Å². The van der Waals surface area contributed by atoms with Gasteiger partial charge in [0.05, 0.1) is 39.0 Å². The van der Waals surface area contributed by atoms with Gasteiger partial charge in [-0.1, -0.05) is 25.0 Å². The van der Waals surface area contributed by atoms with Crippen LogP contribution in [0.1, 0.15) is 32.6 Å².